The van der Waals surface area contributed by atoms with Gasteiger partial charge in [0.15, 0.2) is 0 Å². The van der Waals surface area contributed by atoms with Crippen LogP contribution in [0.4, 0.5) is 0 Å². The Labute approximate surface area is 183 Å². The Bertz CT molecular complexity index is 972. The largest absolute Gasteiger partial charge is 0.497 e. The first-order chi connectivity index (χ1) is 14.8. The molecule has 0 N–H and O–H groups in total. The third-order valence-corrected chi connectivity index (χ3v) is 5.31. The van der Waals surface area contributed by atoms with Crippen LogP contribution in [0.3, 0.4) is 0 Å². The highest BCUT2D eigenvalue weighted by Crippen LogP contribution is 2.36. The van der Waals surface area contributed by atoms with E-state index in [1.54, 1.807) is 27.3 Å². The van der Waals surface area contributed by atoms with E-state index in [-0.39, 0.29) is 30.3 Å². The maximum absolute atomic E-state index is 13.2. The molecule has 7 nitrogen and oxygen atoms in total. The molecule has 1 aliphatic heterocycles. The Morgan fingerprint density at radius 3 is 2.45 bits per heavy atom. The number of hydrogen-bond acceptors (Lipinski definition) is 5. The third kappa shape index (κ3) is 4.87. The SMILES string of the molecule is COc1ccc(C2=NN(C(=O)CN(C)C(=O)C(C)C)[C@@H](c3ccccc3)C2)c(OC)c1. The van der Waals surface area contributed by atoms with E-state index in [0.717, 1.165) is 16.8 Å². The molecule has 31 heavy (non-hydrogen) atoms. The van der Waals surface area contributed by atoms with Gasteiger partial charge in [-0.15, -0.1) is 0 Å². The van der Waals surface area contributed by atoms with Crippen LogP contribution in [-0.2, 0) is 9.59 Å². The molecule has 0 fully saturated rings. The third-order valence-electron chi connectivity index (χ3n) is 5.31. The van der Waals surface area contributed by atoms with Gasteiger partial charge in [0.05, 0.1) is 26.0 Å². The molecule has 7 heteroatoms. The lowest BCUT2D eigenvalue weighted by molar-refractivity contribution is -0.142. The minimum Gasteiger partial charge on any atom is -0.497 e. The fourth-order valence-electron chi connectivity index (χ4n) is 3.67. The average molecular weight is 424 g/mol. The smallest absolute Gasteiger partial charge is 0.262 e. The van der Waals surface area contributed by atoms with Gasteiger partial charge in [-0.3, -0.25) is 9.59 Å². The number of hydrazone groups is 1. The van der Waals surface area contributed by atoms with Crippen LogP contribution in [-0.4, -0.2) is 55.2 Å². The lowest BCUT2D eigenvalue weighted by Crippen LogP contribution is -2.40. The van der Waals surface area contributed by atoms with Gasteiger partial charge >= 0.3 is 0 Å². The average Bonchev–Trinajstić information content (AvgIpc) is 3.23. The summed E-state index contributed by atoms with van der Waals surface area (Å²) in [5.41, 5.74) is 2.55. The van der Waals surface area contributed by atoms with Crippen molar-refractivity contribution in [3.8, 4) is 11.5 Å². The summed E-state index contributed by atoms with van der Waals surface area (Å²) in [6, 6.07) is 15.1. The second-order valence-electron chi connectivity index (χ2n) is 7.83. The standard InChI is InChI=1S/C24H29N3O4/c1-16(2)24(29)26(3)15-23(28)27-21(17-9-7-6-8-10-17)14-20(25-27)19-12-11-18(30-4)13-22(19)31-5/h6-13,16,21H,14-15H2,1-5H3/t21-/m1/s1. The zero-order valence-corrected chi connectivity index (χ0v) is 18.7. The molecule has 0 radical (unpaired) electrons. The number of methoxy groups -OCH3 is 2. The molecule has 0 aliphatic carbocycles. The van der Waals surface area contributed by atoms with Crippen LogP contribution < -0.4 is 9.47 Å². The molecule has 3 rings (SSSR count). The Kier molecular flexibility index (Phi) is 6.95. The van der Waals surface area contributed by atoms with E-state index in [1.807, 2.05) is 56.3 Å². The molecule has 2 aromatic carbocycles. The number of rotatable bonds is 7. The molecule has 1 aliphatic rings. The summed E-state index contributed by atoms with van der Waals surface area (Å²) < 4.78 is 10.8. The van der Waals surface area contributed by atoms with Crippen molar-refractivity contribution < 1.29 is 19.1 Å². The molecule has 1 atom stereocenters. The summed E-state index contributed by atoms with van der Waals surface area (Å²) >= 11 is 0. The predicted octanol–water partition coefficient (Wildman–Crippen LogP) is 3.50. The molecule has 0 saturated carbocycles. The first kappa shape index (κ1) is 22.3. The van der Waals surface area contributed by atoms with Crippen molar-refractivity contribution >= 4 is 17.5 Å². The molecule has 2 amide bonds. The molecule has 1 heterocycles. The Balaban J connectivity index is 1.94. The van der Waals surface area contributed by atoms with Crippen molar-refractivity contribution in [2.24, 2.45) is 11.0 Å². The second kappa shape index (κ2) is 9.64. The molecule has 2 aromatic rings. The van der Waals surface area contributed by atoms with Gasteiger partial charge in [0, 0.05) is 31.0 Å². The van der Waals surface area contributed by atoms with E-state index in [9.17, 15) is 9.59 Å². The molecule has 0 spiro atoms. The van der Waals surface area contributed by atoms with Crippen molar-refractivity contribution in [1.29, 1.82) is 0 Å². The topological polar surface area (TPSA) is 71.4 Å². The monoisotopic (exact) mass is 423 g/mol. The van der Waals surface area contributed by atoms with Crippen LogP contribution >= 0.6 is 0 Å². The second-order valence-corrected chi connectivity index (χ2v) is 7.83. The Hall–Kier alpha value is -3.35. The van der Waals surface area contributed by atoms with E-state index >= 15 is 0 Å². The number of benzene rings is 2. The van der Waals surface area contributed by atoms with Crippen molar-refractivity contribution in [2.45, 2.75) is 26.3 Å². The van der Waals surface area contributed by atoms with Gasteiger partial charge in [0.2, 0.25) is 5.91 Å². The van der Waals surface area contributed by atoms with Gasteiger partial charge in [-0.1, -0.05) is 44.2 Å². The summed E-state index contributed by atoms with van der Waals surface area (Å²) in [5, 5.41) is 6.18. The lowest BCUT2D eigenvalue weighted by atomic mass is 9.98. The van der Waals surface area contributed by atoms with Gasteiger partial charge in [-0.25, -0.2) is 5.01 Å². The van der Waals surface area contributed by atoms with Gasteiger partial charge in [0.1, 0.15) is 18.0 Å². The van der Waals surface area contributed by atoms with Crippen molar-refractivity contribution in [2.75, 3.05) is 27.8 Å². The minimum absolute atomic E-state index is 0.0309. The van der Waals surface area contributed by atoms with Gasteiger partial charge in [-0.2, -0.15) is 5.10 Å². The number of nitrogens with zero attached hydrogens (tertiary/aromatic N) is 3. The van der Waals surface area contributed by atoms with Crippen molar-refractivity contribution in [3.63, 3.8) is 0 Å². The lowest BCUT2D eigenvalue weighted by Gasteiger charge is -2.25. The predicted molar refractivity (Wildman–Crippen MR) is 119 cm³/mol. The molecule has 0 aromatic heterocycles. The first-order valence-electron chi connectivity index (χ1n) is 10.3. The van der Waals surface area contributed by atoms with Gasteiger partial charge < -0.3 is 14.4 Å². The van der Waals surface area contributed by atoms with Crippen LogP contribution in [0.15, 0.2) is 53.6 Å². The maximum Gasteiger partial charge on any atom is 0.262 e. The maximum atomic E-state index is 13.2. The van der Waals surface area contributed by atoms with E-state index in [4.69, 9.17) is 9.47 Å². The number of amides is 2. The summed E-state index contributed by atoms with van der Waals surface area (Å²) in [7, 11) is 4.84. The van der Waals surface area contributed by atoms with Crippen LogP contribution in [0.1, 0.15) is 37.4 Å². The number of carbonyl (C=O) groups excluding carboxylic acids is 2. The highest BCUT2D eigenvalue weighted by molar-refractivity contribution is 6.05. The quantitative estimate of drug-likeness (QED) is 0.683. The summed E-state index contributed by atoms with van der Waals surface area (Å²) in [6.07, 6.45) is 0.542. The first-order valence-corrected chi connectivity index (χ1v) is 10.3. The molecular formula is C24H29N3O4. The zero-order chi connectivity index (χ0) is 22.5. The Morgan fingerprint density at radius 2 is 1.84 bits per heavy atom. The number of likely N-dealkylation sites (N-methyl/N-ethyl adjacent to an activating group) is 1. The summed E-state index contributed by atoms with van der Waals surface area (Å²) in [6.45, 7) is 3.60. The minimum atomic E-state index is -0.252. The van der Waals surface area contributed by atoms with Crippen molar-refractivity contribution in [3.05, 3.63) is 59.7 Å². The molecule has 164 valence electrons. The Morgan fingerprint density at radius 1 is 1.13 bits per heavy atom. The highest BCUT2D eigenvalue weighted by Gasteiger charge is 2.34. The van der Waals surface area contributed by atoms with Crippen LogP contribution in [0.25, 0.3) is 0 Å². The van der Waals surface area contributed by atoms with Gasteiger partial charge in [-0.05, 0) is 17.7 Å². The van der Waals surface area contributed by atoms with Gasteiger partial charge in [0.25, 0.3) is 5.91 Å². The van der Waals surface area contributed by atoms with Crippen LogP contribution in [0.5, 0.6) is 11.5 Å². The van der Waals surface area contributed by atoms with E-state index < -0.39 is 0 Å². The van der Waals surface area contributed by atoms with Crippen molar-refractivity contribution in [1.82, 2.24) is 9.91 Å². The highest BCUT2D eigenvalue weighted by atomic mass is 16.5. The van der Waals surface area contributed by atoms with E-state index in [1.165, 1.54) is 9.91 Å². The fourth-order valence-corrected chi connectivity index (χ4v) is 3.67. The van der Waals surface area contributed by atoms with E-state index in [2.05, 4.69) is 5.10 Å². The molecule has 0 saturated heterocycles. The number of ether oxygens (including phenoxy) is 2. The number of carbonyl (C=O) groups is 2. The zero-order valence-electron chi connectivity index (χ0n) is 18.7. The fraction of sp³-hybridized carbons (Fsp3) is 0.375. The normalized spacial score (nSPS) is 15.6. The molecule has 0 bridgehead atoms. The molecular weight excluding hydrogens is 394 g/mol. The number of hydrogen-bond donors (Lipinski definition) is 0. The van der Waals surface area contributed by atoms with Crippen LogP contribution in [0, 0.1) is 5.92 Å². The summed E-state index contributed by atoms with van der Waals surface area (Å²) in [4.78, 5) is 26.9. The van der Waals surface area contributed by atoms with E-state index in [0.29, 0.717) is 17.9 Å². The summed E-state index contributed by atoms with van der Waals surface area (Å²) in [5.74, 6) is 0.827. The molecule has 0 unspecified atom stereocenters. The van der Waals surface area contributed by atoms with Crippen LogP contribution in [0.2, 0.25) is 0 Å².